The van der Waals surface area contributed by atoms with Gasteiger partial charge in [0.15, 0.2) is 0 Å². The van der Waals surface area contributed by atoms with E-state index in [1.165, 1.54) is 12.1 Å². The molecule has 0 radical (unpaired) electrons. The largest absolute Gasteiger partial charge is 0.416 e. The van der Waals surface area contributed by atoms with E-state index in [0.717, 1.165) is 28.6 Å². The van der Waals surface area contributed by atoms with Crippen molar-refractivity contribution < 1.29 is 18.0 Å². The van der Waals surface area contributed by atoms with E-state index >= 15 is 0 Å². The van der Waals surface area contributed by atoms with E-state index in [1.54, 1.807) is 6.20 Å². The zero-order valence-electron chi connectivity index (χ0n) is 12.2. The predicted octanol–water partition coefficient (Wildman–Crippen LogP) is 4.75. The number of H-pyrrole nitrogens is 1. The van der Waals surface area contributed by atoms with Gasteiger partial charge >= 0.3 is 6.18 Å². The molecule has 23 heavy (non-hydrogen) atoms. The Morgan fingerprint density at radius 2 is 1.87 bits per heavy atom. The van der Waals surface area contributed by atoms with E-state index < -0.39 is 17.6 Å². The molecule has 0 bridgehead atoms. The molecule has 6 heteroatoms. The van der Waals surface area contributed by atoms with Crippen LogP contribution in [0.5, 0.6) is 0 Å². The van der Waals surface area contributed by atoms with Crippen molar-refractivity contribution in [1.82, 2.24) is 4.98 Å². The monoisotopic (exact) mass is 318 g/mol. The minimum atomic E-state index is -4.45. The molecule has 3 nitrogen and oxygen atoms in total. The number of aryl methyl sites for hydroxylation is 1. The summed E-state index contributed by atoms with van der Waals surface area (Å²) in [6.07, 6.45) is -2.89. The van der Waals surface area contributed by atoms with E-state index in [0.29, 0.717) is 5.56 Å². The molecule has 118 valence electrons. The van der Waals surface area contributed by atoms with Crippen molar-refractivity contribution in [3.05, 3.63) is 65.4 Å². The Bertz CT molecular complexity index is 881. The lowest BCUT2D eigenvalue weighted by Gasteiger charge is -2.10. The fraction of sp³-hybridized carbons (Fsp3) is 0.118. The third-order valence-electron chi connectivity index (χ3n) is 3.61. The average molecular weight is 318 g/mol. The number of rotatable bonds is 2. The summed E-state index contributed by atoms with van der Waals surface area (Å²) in [7, 11) is 0. The Labute approximate surface area is 130 Å². The topological polar surface area (TPSA) is 44.9 Å². The van der Waals surface area contributed by atoms with Crippen molar-refractivity contribution in [2.45, 2.75) is 13.1 Å². The molecule has 1 aromatic heterocycles. The fourth-order valence-electron chi connectivity index (χ4n) is 2.52. The first-order chi connectivity index (χ1) is 10.9. The van der Waals surface area contributed by atoms with Crippen LogP contribution in [-0.4, -0.2) is 10.9 Å². The summed E-state index contributed by atoms with van der Waals surface area (Å²) in [6.45, 7) is 1.87. The van der Waals surface area contributed by atoms with Gasteiger partial charge in [-0.3, -0.25) is 4.79 Å². The second-order valence-electron chi connectivity index (χ2n) is 5.23. The molecule has 0 aliphatic carbocycles. The molecule has 0 fully saturated rings. The van der Waals surface area contributed by atoms with Gasteiger partial charge in [0.2, 0.25) is 0 Å². The van der Waals surface area contributed by atoms with Crippen LogP contribution in [0.4, 0.5) is 18.9 Å². The lowest BCUT2D eigenvalue weighted by Crippen LogP contribution is -2.13. The first-order valence-corrected chi connectivity index (χ1v) is 6.91. The number of fused-ring (bicyclic) bond motifs is 1. The van der Waals surface area contributed by atoms with Crippen LogP contribution in [0.3, 0.4) is 0 Å². The smallest absolute Gasteiger partial charge is 0.360 e. The number of benzene rings is 2. The molecule has 0 unspecified atom stereocenters. The summed E-state index contributed by atoms with van der Waals surface area (Å²) < 4.78 is 38.2. The number of halogens is 3. The van der Waals surface area contributed by atoms with Gasteiger partial charge in [0.1, 0.15) is 0 Å². The summed E-state index contributed by atoms with van der Waals surface area (Å²) in [5.74, 6) is -0.454. The zero-order chi connectivity index (χ0) is 16.6. The van der Waals surface area contributed by atoms with Gasteiger partial charge in [-0.2, -0.15) is 13.2 Å². The Balaban J connectivity index is 1.93. The van der Waals surface area contributed by atoms with Crippen molar-refractivity contribution in [2.24, 2.45) is 0 Å². The number of carbonyl (C=O) groups is 1. The van der Waals surface area contributed by atoms with E-state index in [-0.39, 0.29) is 5.69 Å². The first kappa shape index (κ1) is 15.1. The van der Waals surface area contributed by atoms with E-state index in [1.807, 2.05) is 25.1 Å². The summed E-state index contributed by atoms with van der Waals surface area (Å²) in [6, 6.07) is 10.1. The Kier molecular flexibility index (Phi) is 3.60. The second kappa shape index (κ2) is 5.46. The van der Waals surface area contributed by atoms with Crippen molar-refractivity contribution in [3.63, 3.8) is 0 Å². The highest BCUT2D eigenvalue weighted by atomic mass is 19.4. The number of amides is 1. The highest BCUT2D eigenvalue weighted by Crippen LogP contribution is 2.31. The van der Waals surface area contributed by atoms with Crippen molar-refractivity contribution in [2.75, 3.05) is 5.32 Å². The summed E-state index contributed by atoms with van der Waals surface area (Å²) >= 11 is 0. The molecule has 1 heterocycles. The van der Waals surface area contributed by atoms with Gasteiger partial charge < -0.3 is 10.3 Å². The number of hydrogen-bond acceptors (Lipinski definition) is 1. The number of carbonyl (C=O) groups excluding carboxylic acids is 1. The number of nitrogens with one attached hydrogen (secondary N) is 2. The van der Waals surface area contributed by atoms with Gasteiger partial charge in [-0.05, 0) is 36.8 Å². The van der Waals surface area contributed by atoms with Crippen LogP contribution in [-0.2, 0) is 6.18 Å². The molecular weight excluding hydrogens is 305 g/mol. The molecule has 0 saturated carbocycles. The SMILES string of the molecule is Cc1cccc2[nH]cc(C(=O)Nc3cccc(C(F)(F)F)c3)c12. The van der Waals surface area contributed by atoms with Crippen LogP contribution in [0.25, 0.3) is 10.9 Å². The van der Waals surface area contributed by atoms with Crippen molar-refractivity contribution >= 4 is 22.5 Å². The van der Waals surface area contributed by atoms with Crippen LogP contribution < -0.4 is 5.32 Å². The van der Waals surface area contributed by atoms with Crippen LogP contribution in [0, 0.1) is 6.92 Å². The molecule has 0 atom stereocenters. The van der Waals surface area contributed by atoms with Crippen LogP contribution in [0.2, 0.25) is 0 Å². The predicted molar refractivity (Wildman–Crippen MR) is 82.4 cm³/mol. The van der Waals surface area contributed by atoms with E-state index in [2.05, 4.69) is 10.3 Å². The highest BCUT2D eigenvalue weighted by molar-refractivity contribution is 6.13. The Hall–Kier alpha value is -2.76. The molecule has 0 aliphatic heterocycles. The zero-order valence-corrected chi connectivity index (χ0v) is 12.2. The minimum absolute atomic E-state index is 0.104. The van der Waals surface area contributed by atoms with E-state index in [9.17, 15) is 18.0 Å². The minimum Gasteiger partial charge on any atom is -0.360 e. The molecule has 3 aromatic rings. The van der Waals surface area contributed by atoms with Crippen LogP contribution >= 0.6 is 0 Å². The third kappa shape index (κ3) is 2.92. The summed E-state index contributed by atoms with van der Waals surface area (Å²) in [4.78, 5) is 15.4. The lowest BCUT2D eigenvalue weighted by atomic mass is 10.1. The maximum Gasteiger partial charge on any atom is 0.416 e. The van der Waals surface area contributed by atoms with Gasteiger partial charge in [0.05, 0.1) is 11.1 Å². The van der Waals surface area contributed by atoms with Crippen molar-refractivity contribution in [3.8, 4) is 0 Å². The summed E-state index contributed by atoms with van der Waals surface area (Å²) in [5, 5.41) is 3.28. The normalized spacial score (nSPS) is 11.7. The van der Waals surface area contributed by atoms with Crippen LogP contribution in [0.15, 0.2) is 48.7 Å². The van der Waals surface area contributed by atoms with Gasteiger partial charge in [-0.1, -0.05) is 18.2 Å². The molecule has 0 saturated heterocycles. The fourth-order valence-corrected chi connectivity index (χ4v) is 2.52. The van der Waals surface area contributed by atoms with Gasteiger partial charge in [-0.15, -0.1) is 0 Å². The Morgan fingerprint density at radius 1 is 1.13 bits per heavy atom. The molecule has 2 N–H and O–H groups in total. The maximum absolute atomic E-state index is 12.7. The maximum atomic E-state index is 12.7. The summed E-state index contributed by atoms with van der Waals surface area (Å²) in [5.41, 5.74) is 1.42. The molecule has 1 amide bonds. The highest BCUT2D eigenvalue weighted by Gasteiger charge is 2.30. The molecule has 0 aliphatic rings. The van der Waals surface area contributed by atoms with Gasteiger partial charge in [-0.25, -0.2) is 0 Å². The number of hydrogen-bond donors (Lipinski definition) is 2. The number of aromatic amines is 1. The van der Waals surface area contributed by atoms with Gasteiger partial charge in [0, 0.05) is 22.8 Å². The number of anilines is 1. The van der Waals surface area contributed by atoms with Gasteiger partial charge in [0.25, 0.3) is 5.91 Å². The third-order valence-corrected chi connectivity index (χ3v) is 3.61. The lowest BCUT2D eigenvalue weighted by molar-refractivity contribution is -0.137. The average Bonchev–Trinajstić information content (AvgIpc) is 2.92. The second-order valence-corrected chi connectivity index (χ2v) is 5.23. The molecular formula is C17H13F3N2O. The van der Waals surface area contributed by atoms with E-state index in [4.69, 9.17) is 0 Å². The van der Waals surface area contributed by atoms with Crippen LogP contribution in [0.1, 0.15) is 21.5 Å². The first-order valence-electron chi connectivity index (χ1n) is 6.91. The van der Waals surface area contributed by atoms with Crippen molar-refractivity contribution in [1.29, 1.82) is 0 Å². The Morgan fingerprint density at radius 3 is 2.61 bits per heavy atom. The molecule has 2 aromatic carbocycles. The standard InChI is InChI=1S/C17H13F3N2O/c1-10-4-2-7-14-15(10)13(9-21-14)16(23)22-12-6-3-5-11(8-12)17(18,19)20/h2-9,21H,1H3,(H,22,23). The number of alkyl halides is 3. The molecule has 0 spiro atoms. The quantitative estimate of drug-likeness (QED) is 0.704. The number of aromatic nitrogens is 1. The molecule has 3 rings (SSSR count).